The van der Waals surface area contributed by atoms with E-state index in [1.54, 1.807) is 21.3 Å². The van der Waals surface area contributed by atoms with Gasteiger partial charge in [0.1, 0.15) is 0 Å². The van der Waals surface area contributed by atoms with Gasteiger partial charge in [0.25, 0.3) is 0 Å². The van der Waals surface area contributed by atoms with Crippen LogP contribution in [-0.4, -0.2) is 27.2 Å². The number of carbonyl (C=O) groups is 1. The highest BCUT2D eigenvalue weighted by atomic mass is 16.5. The third-order valence-electron chi connectivity index (χ3n) is 4.74. The lowest BCUT2D eigenvalue weighted by atomic mass is 9.97. The summed E-state index contributed by atoms with van der Waals surface area (Å²) in [5, 5.41) is 3.05. The zero-order chi connectivity index (χ0) is 19.8. The van der Waals surface area contributed by atoms with Gasteiger partial charge in [0.2, 0.25) is 11.7 Å². The van der Waals surface area contributed by atoms with Gasteiger partial charge in [-0.3, -0.25) is 4.79 Å². The Hall–Kier alpha value is -2.69. The molecule has 0 aromatic heterocycles. The zero-order valence-corrected chi connectivity index (χ0v) is 16.8. The molecule has 1 amide bonds. The van der Waals surface area contributed by atoms with Crippen molar-refractivity contribution in [3.8, 4) is 17.2 Å². The molecule has 0 heterocycles. The third kappa shape index (κ3) is 5.16. The molecule has 0 unspecified atom stereocenters. The lowest BCUT2D eigenvalue weighted by molar-refractivity contribution is -0.116. The van der Waals surface area contributed by atoms with Gasteiger partial charge in [0, 0.05) is 12.1 Å². The summed E-state index contributed by atoms with van der Waals surface area (Å²) < 4.78 is 16.1. The van der Waals surface area contributed by atoms with Crippen LogP contribution in [-0.2, 0) is 11.2 Å². The van der Waals surface area contributed by atoms with Crippen molar-refractivity contribution in [1.82, 2.24) is 0 Å². The number of benzene rings is 2. The van der Waals surface area contributed by atoms with Gasteiger partial charge in [-0.15, -0.1) is 0 Å². The molecule has 0 aliphatic rings. The number of hydrogen-bond acceptors (Lipinski definition) is 4. The van der Waals surface area contributed by atoms with Crippen LogP contribution in [0, 0.1) is 0 Å². The first-order valence-electron chi connectivity index (χ1n) is 9.21. The van der Waals surface area contributed by atoms with Gasteiger partial charge in [-0.2, -0.15) is 0 Å². The Morgan fingerprint density at radius 2 is 1.67 bits per heavy atom. The van der Waals surface area contributed by atoms with Crippen LogP contribution in [0.4, 0.5) is 5.69 Å². The number of aryl methyl sites for hydroxylation is 1. The monoisotopic (exact) mass is 371 g/mol. The number of para-hydroxylation sites is 1. The van der Waals surface area contributed by atoms with Crippen LogP contribution in [0.25, 0.3) is 0 Å². The predicted octanol–water partition coefficient (Wildman–Crippen LogP) is 4.80. The average molecular weight is 371 g/mol. The minimum atomic E-state index is -0.0143. The molecule has 27 heavy (non-hydrogen) atoms. The van der Waals surface area contributed by atoms with Gasteiger partial charge < -0.3 is 19.5 Å². The third-order valence-corrected chi connectivity index (χ3v) is 4.74. The zero-order valence-electron chi connectivity index (χ0n) is 16.8. The lowest BCUT2D eigenvalue weighted by Gasteiger charge is -2.16. The van der Waals surface area contributed by atoms with E-state index in [1.165, 1.54) is 5.56 Å². The van der Waals surface area contributed by atoms with Crippen molar-refractivity contribution in [3.05, 3.63) is 47.5 Å². The summed E-state index contributed by atoms with van der Waals surface area (Å²) in [4.78, 5) is 12.5. The van der Waals surface area contributed by atoms with Crippen LogP contribution < -0.4 is 19.5 Å². The van der Waals surface area contributed by atoms with E-state index in [2.05, 4.69) is 25.2 Å². The highest BCUT2D eigenvalue weighted by Gasteiger charge is 2.15. The van der Waals surface area contributed by atoms with Crippen LogP contribution in [0.5, 0.6) is 17.2 Å². The number of hydrogen-bond donors (Lipinski definition) is 1. The Morgan fingerprint density at radius 1 is 1.04 bits per heavy atom. The SMILES string of the molecule is CC[C@H](C)c1ccccc1NC(=O)CCc1cc(OC)c(OC)c(OC)c1. The van der Waals surface area contributed by atoms with Crippen molar-refractivity contribution < 1.29 is 19.0 Å². The van der Waals surface area contributed by atoms with Gasteiger partial charge in [-0.25, -0.2) is 0 Å². The smallest absolute Gasteiger partial charge is 0.224 e. The summed E-state index contributed by atoms with van der Waals surface area (Å²) in [6.07, 6.45) is 1.97. The largest absolute Gasteiger partial charge is 0.493 e. The van der Waals surface area contributed by atoms with E-state index in [1.807, 2.05) is 30.3 Å². The van der Waals surface area contributed by atoms with E-state index < -0.39 is 0 Å². The van der Waals surface area contributed by atoms with Crippen molar-refractivity contribution in [2.75, 3.05) is 26.6 Å². The fourth-order valence-corrected chi connectivity index (χ4v) is 3.01. The van der Waals surface area contributed by atoms with E-state index >= 15 is 0 Å². The van der Waals surface area contributed by atoms with Crippen molar-refractivity contribution in [3.63, 3.8) is 0 Å². The molecule has 0 bridgehead atoms. The summed E-state index contributed by atoms with van der Waals surface area (Å²) in [5.74, 6) is 2.12. The quantitative estimate of drug-likeness (QED) is 0.688. The fraction of sp³-hybridized carbons (Fsp3) is 0.409. The molecule has 0 aliphatic carbocycles. The molecular weight excluding hydrogens is 342 g/mol. The topological polar surface area (TPSA) is 56.8 Å². The summed E-state index contributed by atoms with van der Waals surface area (Å²) >= 11 is 0. The maximum Gasteiger partial charge on any atom is 0.224 e. The van der Waals surface area contributed by atoms with Gasteiger partial charge in [-0.05, 0) is 48.1 Å². The Morgan fingerprint density at radius 3 is 2.22 bits per heavy atom. The Kier molecular flexibility index (Phi) is 7.53. The number of methoxy groups -OCH3 is 3. The highest BCUT2D eigenvalue weighted by molar-refractivity contribution is 5.91. The van der Waals surface area contributed by atoms with Crippen LogP contribution >= 0.6 is 0 Å². The molecule has 0 spiro atoms. The molecule has 1 N–H and O–H groups in total. The Labute approximate surface area is 161 Å². The van der Waals surface area contributed by atoms with Crippen molar-refractivity contribution in [1.29, 1.82) is 0 Å². The van der Waals surface area contributed by atoms with Gasteiger partial charge in [-0.1, -0.05) is 32.0 Å². The van der Waals surface area contributed by atoms with Crippen molar-refractivity contribution >= 4 is 11.6 Å². The molecule has 2 aromatic rings. The Bertz CT molecular complexity index is 748. The molecule has 1 atom stereocenters. The number of rotatable bonds is 9. The second kappa shape index (κ2) is 9.86. The highest BCUT2D eigenvalue weighted by Crippen LogP contribution is 2.38. The molecule has 0 aliphatic heterocycles. The summed E-state index contributed by atoms with van der Waals surface area (Å²) in [6.45, 7) is 4.31. The van der Waals surface area contributed by atoms with E-state index in [0.717, 1.165) is 17.7 Å². The Balaban J connectivity index is 2.08. The van der Waals surface area contributed by atoms with Crippen molar-refractivity contribution in [2.24, 2.45) is 0 Å². The molecule has 146 valence electrons. The normalized spacial score (nSPS) is 11.6. The summed E-state index contributed by atoms with van der Waals surface area (Å²) in [7, 11) is 4.74. The first kappa shape index (κ1) is 20.6. The first-order chi connectivity index (χ1) is 13.0. The maximum atomic E-state index is 12.5. The van der Waals surface area contributed by atoms with Gasteiger partial charge in [0.15, 0.2) is 11.5 Å². The van der Waals surface area contributed by atoms with Crippen LogP contribution in [0.1, 0.15) is 43.7 Å². The molecule has 5 nitrogen and oxygen atoms in total. The average Bonchev–Trinajstić information content (AvgIpc) is 2.71. The molecule has 2 rings (SSSR count). The summed E-state index contributed by atoms with van der Waals surface area (Å²) in [5.41, 5.74) is 3.01. The number of nitrogens with one attached hydrogen (secondary N) is 1. The summed E-state index contributed by atoms with van der Waals surface area (Å²) in [6, 6.07) is 11.7. The van der Waals surface area contributed by atoms with Crippen LogP contribution in [0.15, 0.2) is 36.4 Å². The predicted molar refractivity (Wildman–Crippen MR) is 108 cm³/mol. The van der Waals surface area contributed by atoms with E-state index in [-0.39, 0.29) is 5.91 Å². The van der Waals surface area contributed by atoms with Crippen LogP contribution in [0.2, 0.25) is 0 Å². The number of amides is 1. The molecular formula is C22H29NO4. The molecule has 0 saturated carbocycles. The standard InChI is InChI=1S/C22H29NO4/c1-6-15(2)17-9-7-8-10-18(17)23-21(24)12-11-16-13-19(25-3)22(27-5)20(14-16)26-4/h7-10,13-15H,6,11-12H2,1-5H3,(H,23,24)/t15-/m0/s1. The second-order valence-electron chi connectivity index (χ2n) is 6.48. The number of anilines is 1. The van der Waals surface area contributed by atoms with Crippen molar-refractivity contribution in [2.45, 2.75) is 39.0 Å². The van der Waals surface area contributed by atoms with Crippen LogP contribution in [0.3, 0.4) is 0 Å². The molecule has 2 aromatic carbocycles. The van der Waals surface area contributed by atoms with Gasteiger partial charge in [0.05, 0.1) is 21.3 Å². The van der Waals surface area contributed by atoms with E-state index in [9.17, 15) is 4.79 Å². The van der Waals surface area contributed by atoms with Gasteiger partial charge >= 0.3 is 0 Å². The number of ether oxygens (including phenoxy) is 3. The fourth-order valence-electron chi connectivity index (χ4n) is 3.01. The van der Waals surface area contributed by atoms with E-state index in [4.69, 9.17) is 14.2 Å². The maximum absolute atomic E-state index is 12.5. The minimum Gasteiger partial charge on any atom is -0.493 e. The lowest BCUT2D eigenvalue weighted by Crippen LogP contribution is -2.14. The van der Waals surface area contributed by atoms with E-state index in [0.29, 0.717) is 36.0 Å². The molecule has 0 saturated heterocycles. The second-order valence-corrected chi connectivity index (χ2v) is 6.48. The molecule has 5 heteroatoms. The minimum absolute atomic E-state index is 0.0143. The first-order valence-corrected chi connectivity index (χ1v) is 9.21. The molecule has 0 radical (unpaired) electrons. The number of carbonyl (C=O) groups excluding carboxylic acids is 1. The molecule has 0 fully saturated rings.